The number of hydrogen-bond donors (Lipinski definition) is 1. The van der Waals surface area contributed by atoms with Gasteiger partial charge >= 0.3 is 0 Å². The standard InChI is InChI=1S/C15H22N2O2S/c1-3-12(15(16)19)17-7-6-11(4-5-14(17)18)13-8-10(2)9-20-13/h8-9,11-12H,3-7H2,1-2H3,(H2,16,19). The molecule has 2 atom stereocenters. The van der Waals surface area contributed by atoms with Crippen LogP contribution in [0.5, 0.6) is 0 Å². The van der Waals surface area contributed by atoms with Crippen LogP contribution in [0.2, 0.25) is 0 Å². The van der Waals surface area contributed by atoms with Crippen molar-refractivity contribution in [2.45, 2.75) is 51.5 Å². The smallest absolute Gasteiger partial charge is 0.240 e. The zero-order valence-electron chi connectivity index (χ0n) is 12.1. The molecule has 1 aromatic rings. The monoisotopic (exact) mass is 294 g/mol. The van der Waals surface area contributed by atoms with Gasteiger partial charge in [0.1, 0.15) is 6.04 Å². The predicted molar refractivity (Wildman–Crippen MR) is 80.6 cm³/mol. The molecule has 2 rings (SSSR count). The Hall–Kier alpha value is -1.36. The topological polar surface area (TPSA) is 63.4 Å². The minimum absolute atomic E-state index is 0.0615. The van der Waals surface area contributed by atoms with Gasteiger partial charge in [0.25, 0.3) is 0 Å². The summed E-state index contributed by atoms with van der Waals surface area (Å²) in [5.41, 5.74) is 6.69. The van der Waals surface area contributed by atoms with Crippen LogP contribution < -0.4 is 5.73 Å². The summed E-state index contributed by atoms with van der Waals surface area (Å²) >= 11 is 1.77. The summed E-state index contributed by atoms with van der Waals surface area (Å²) in [7, 11) is 0. The van der Waals surface area contributed by atoms with Crippen LogP contribution in [0.25, 0.3) is 0 Å². The van der Waals surface area contributed by atoms with Gasteiger partial charge in [0.15, 0.2) is 0 Å². The molecule has 0 aliphatic carbocycles. The summed E-state index contributed by atoms with van der Waals surface area (Å²) in [5, 5.41) is 2.15. The Kier molecular flexibility index (Phi) is 4.81. The molecule has 0 aromatic carbocycles. The van der Waals surface area contributed by atoms with Crippen LogP contribution in [-0.2, 0) is 9.59 Å². The maximum atomic E-state index is 12.2. The lowest BCUT2D eigenvalue weighted by Crippen LogP contribution is -2.47. The third kappa shape index (κ3) is 3.20. The highest BCUT2D eigenvalue weighted by atomic mass is 32.1. The van der Waals surface area contributed by atoms with E-state index in [0.717, 1.165) is 12.8 Å². The fourth-order valence-electron chi connectivity index (χ4n) is 2.86. The largest absolute Gasteiger partial charge is 0.368 e. The molecule has 1 saturated heterocycles. The molecule has 2 amide bonds. The Bertz CT molecular complexity index is 498. The molecule has 2 unspecified atom stereocenters. The number of amides is 2. The second-order valence-electron chi connectivity index (χ2n) is 5.46. The summed E-state index contributed by atoms with van der Waals surface area (Å²) in [5.74, 6) is 0.0886. The van der Waals surface area contributed by atoms with Crippen molar-refractivity contribution in [1.29, 1.82) is 0 Å². The maximum Gasteiger partial charge on any atom is 0.240 e. The number of carbonyl (C=O) groups is 2. The molecule has 5 heteroatoms. The van der Waals surface area contributed by atoms with E-state index in [-0.39, 0.29) is 5.91 Å². The maximum absolute atomic E-state index is 12.2. The average Bonchev–Trinajstić information content (AvgIpc) is 2.74. The van der Waals surface area contributed by atoms with Crippen molar-refractivity contribution in [3.8, 4) is 0 Å². The number of rotatable bonds is 4. The van der Waals surface area contributed by atoms with Crippen LogP contribution in [0.1, 0.15) is 49.0 Å². The second-order valence-corrected chi connectivity index (χ2v) is 6.41. The highest BCUT2D eigenvalue weighted by Crippen LogP contribution is 2.33. The molecule has 0 radical (unpaired) electrons. The SMILES string of the molecule is CCC(C(N)=O)N1CCC(c2cc(C)cs2)CCC1=O. The van der Waals surface area contributed by atoms with Crippen LogP contribution >= 0.6 is 11.3 Å². The van der Waals surface area contributed by atoms with Crippen LogP contribution in [0.4, 0.5) is 0 Å². The number of nitrogens with zero attached hydrogens (tertiary/aromatic N) is 1. The Morgan fingerprint density at radius 3 is 2.85 bits per heavy atom. The fraction of sp³-hybridized carbons (Fsp3) is 0.600. The number of primary amides is 1. The van der Waals surface area contributed by atoms with Crippen molar-refractivity contribution in [2.24, 2.45) is 5.73 Å². The third-order valence-electron chi connectivity index (χ3n) is 3.99. The molecule has 0 bridgehead atoms. The van der Waals surface area contributed by atoms with Gasteiger partial charge in [-0.1, -0.05) is 6.92 Å². The van der Waals surface area contributed by atoms with Crippen molar-refractivity contribution in [1.82, 2.24) is 4.90 Å². The van der Waals surface area contributed by atoms with Gasteiger partial charge in [-0.05, 0) is 49.1 Å². The Balaban J connectivity index is 2.10. The first-order chi connectivity index (χ1) is 9.52. The van der Waals surface area contributed by atoms with Crippen LogP contribution in [-0.4, -0.2) is 29.3 Å². The fourth-order valence-corrected chi connectivity index (χ4v) is 3.93. The van der Waals surface area contributed by atoms with E-state index in [1.807, 2.05) is 6.92 Å². The van der Waals surface area contributed by atoms with Gasteiger partial charge in [-0.15, -0.1) is 11.3 Å². The number of thiophene rings is 1. The lowest BCUT2D eigenvalue weighted by atomic mass is 9.98. The summed E-state index contributed by atoms with van der Waals surface area (Å²) in [6.45, 7) is 4.62. The van der Waals surface area contributed by atoms with E-state index in [0.29, 0.717) is 25.3 Å². The summed E-state index contributed by atoms with van der Waals surface area (Å²) in [6.07, 6.45) is 2.87. The minimum Gasteiger partial charge on any atom is -0.368 e. The number of carbonyl (C=O) groups excluding carboxylic acids is 2. The van der Waals surface area contributed by atoms with Crippen LogP contribution in [0.15, 0.2) is 11.4 Å². The van der Waals surface area contributed by atoms with E-state index in [2.05, 4.69) is 18.4 Å². The average molecular weight is 294 g/mol. The first-order valence-electron chi connectivity index (χ1n) is 7.16. The Morgan fingerprint density at radius 2 is 2.30 bits per heavy atom. The second kappa shape index (κ2) is 6.39. The Labute approximate surface area is 124 Å². The number of nitrogens with two attached hydrogens (primary N) is 1. The van der Waals surface area contributed by atoms with E-state index in [1.54, 1.807) is 16.2 Å². The molecule has 0 spiro atoms. The van der Waals surface area contributed by atoms with Crippen molar-refractivity contribution < 1.29 is 9.59 Å². The summed E-state index contributed by atoms with van der Waals surface area (Å²) in [4.78, 5) is 26.7. The Morgan fingerprint density at radius 1 is 1.55 bits per heavy atom. The molecule has 0 saturated carbocycles. The van der Waals surface area contributed by atoms with Gasteiger partial charge in [-0.25, -0.2) is 0 Å². The zero-order valence-corrected chi connectivity index (χ0v) is 12.9. The molecule has 1 fully saturated rings. The normalized spacial score (nSPS) is 21.6. The highest BCUT2D eigenvalue weighted by molar-refractivity contribution is 7.10. The molecule has 1 aromatic heterocycles. The van der Waals surface area contributed by atoms with Crippen LogP contribution in [0, 0.1) is 6.92 Å². The molecular formula is C15H22N2O2S. The molecule has 2 N–H and O–H groups in total. The van der Waals surface area contributed by atoms with Gasteiger partial charge in [0, 0.05) is 17.8 Å². The lowest BCUT2D eigenvalue weighted by Gasteiger charge is -2.27. The van der Waals surface area contributed by atoms with Gasteiger partial charge in [-0.3, -0.25) is 9.59 Å². The lowest BCUT2D eigenvalue weighted by molar-refractivity contribution is -0.139. The van der Waals surface area contributed by atoms with Crippen molar-refractivity contribution in [3.05, 3.63) is 21.9 Å². The molecular weight excluding hydrogens is 272 g/mol. The molecule has 4 nitrogen and oxygen atoms in total. The minimum atomic E-state index is -0.452. The molecule has 1 aliphatic rings. The van der Waals surface area contributed by atoms with Gasteiger partial charge in [0.2, 0.25) is 11.8 Å². The first-order valence-corrected chi connectivity index (χ1v) is 8.04. The van der Waals surface area contributed by atoms with E-state index in [9.17, 15) is 9.59 Å². The van der Waals surface area contributed by atoms with E-state index >= 15 is 0 Å². The summed E-state index contributed by atoms with van der Waals surface area (Å²) in [6, 6.07) is 1.76. The zero-order chi connectivity index (χ0) is 14.7. The molecule has 20 heavy (non-hydrogen) atoms. The molecule has 2 heterocycles. The number of aryl methyl sites for hydroxylation is 1. The third-order valence-corrected chi connectivity index (χ3v) is 5.20. The van der Waals surface area contributed by atoms with E-state index in [4.69, 9.17) is 5.73 Å². The van der Waals surface area contributed by atoms with Crippen molar-refractivity contribution in [3.63, 3.8) is 0 Å². The van der Waals surface area contributed by atoms with Crippen molar-refractivity contribution in [2.75, 3.05) is 6.54 Å². The van der Waals surface area contributed by atoms with Gasteiger partial charge in [0.05, 0.1) is 0 Å². The van der Waals surface area contributed by atoms with E-state index in [1.165, 1.54) is 10.4 Å². The highest BCUT2D eigenvalue weighted by Gasteiger charge is 2.30. The van der Waals surface area contributed by atoms with E-state index < -0.39 is 11.9 Å². The van der Waals surface area contributed by atoms with Crippen molar-refractivity contribution >= 4 is 23.2 Å². The predicted octanol–water partition coefficient (Wildman–Crippen LogP) is 2.42. The molecule has 1 aliphatic heterocycles. The summed E-state index contributed by atoms with van der Waals surface area (Å²) < 4.78 is 0. The van der Waals surface area contributed by atoms with Gasteiger partial charge in [-0.2, -0.15) is 0 Å². The molecule has 110 valence electrons. The first kappa shape index (κ1) is 15.0. The quantitative estimate of drug-likeness (QED) is 0.927. The van der Waals surface area contributed by atoms with Crippen LogP contribution in [0.3, 0.4) is 0 Å². The number of hydrogen-bond acceptors (Lipinski definition) is 3. The number of likely N-dealkylation sites (tertiary alicyclic amines) is 1. The van der Waals surface area contributed by atoms with Gasteiger partial charge < -0.3 is 10.6 Å².